The number of carbonyl (C=O) groups excluding carboxylic acids is 1. The third-order valence-electron chi connectivity index (χ3n) is 3.52. The van der Waals surface area contributed by atoms with Crippen LogP contribution in [0.2, 0.25) is 0 Å². The molecule has 0 aliphatic heterocycles. The van der Waals surface area contributed by atoms with Crippen LogP contribution in [-0.4, -0.2) is 47.7 Å². The summed E-state index contributed by atoms with van der Waals surface area (Å²) in [6, 6.07) is 4.98. The Kier molecular flexibility index (Phi) is 4.50. The van der Waals surface area contributed by atoms with Crippen LogP contribution >= 0.6 is 0 Å². The van der Waals surface area contributed by atoms with Crippen LogP contribution in [0.25, 0.3) is 5.52 Å². The summed E-state index contributed by atoms with van der Waals surface area (Å²) in [5.74, 6) is -0.521. The Morgan fingerprint density at radius 2 is 2.04 bits per heavy atom. The summed E-state index contributed by atoms with van der Waals surface area (Å²) in [6.07, 6.45) is 1.86. The van der Waals surface area contributed by atoms with Crippen LogP contribution in [0.15, 0.2) is 29.6 Å². The Morgan fingerprint density at radius 3 is 2.61 bits per heavy atom. The molecule has 0 aromatic carbocycles. The molecular weight excluding hydrogens is 318 g/mol. The number of sulfone groups is 1. The van der Waals surface area contributed by atoms with Crippen LogP contribution < -0.4 is 5.32 Å². The van der Waals surface area contributed by atoms with Crippen molar-refractivity contribution in [3.8, 4) is 0 Å². The number of imidazole rings is 1. The lowest BCUT2D eigenvalue weighted by atomic mass is 9.89. The van der Waals surface area contributed by atoms with Crippen LogP contribution in [0.5, 0.6) is 0 Å². The van der Waals surface area contributed by atoms with Crippen molar-refractivity contribution in [1.29, 1.82) is 0 Å². The van der Waals surface area contributed by atoms with Gasteiger partial charge in [-0.05, 0) is 17.5 Å². The standard InChI is InChI=1S/C15H21N3O4S/c1-15(2,3)11(19)9-16-13(20)12-10-7-5-6-8-18(10)14(17-12)23(4,21)22/h5-8,11,19H,9H2,1-4H3,(H,16,20)/t11-/m0/s1. The molecule has 0 aliphatic carbocycles. The normalized spacial score (nSPS) is 14.0. The Morgan fingerprint density at radius 1 is 1.39 bits per heavy atom. The molecule has 7 nitrogen and oxygen atoms in total. The summed E-state index contributed by atoms with van der Waals surface area (Å²) < 4.78 is 25.0. The highest BCUT2D eigenvalue weighted by Gasteiger charge is 2.25. The van der Waals surface area contributed by atoms with Gasteiger partial charge in [0, 0.05) is 19.0 Å². The lowest BCUT2D eigenvalue weighted by molar-refractivity contribution is 0.0586. The molecule has 126 valence electrons. The quantitative estimate of drug-likeness (QED) is 0.861. The molecule has 0 spiro atoms. The summed E-state index contributed by atoms with van der Waals surface area (Å²) in [7, 11) is -3.57. The van der Waals surface area contributed by atoms with Gasteiger partial charge in [-0.3, -0.25) is 9.20 Å². The molecule has 1 amide bonds. The van der Waals surface area contributed by atoms with Crippen molar-refractivity contribution in [3.05, 3.63) is 30.1 Å². The summed E-state index contributed by atoms with van der Waals surface area (Å²) in [4.78, 5) is 16.3. The number of aliphatic hydroxyl groups is 1. The number of hydrogen-bond acceptors (Lipinski definition) is 5. The minimum atomic E-state index is -3.57. The molecule has 0 radical (unpaired) electrons. The fraction of sp³-hybridized carbons (Fsp3) is 0.467. The minimum Gasteiger partial charge on any atom is -0.391 e. The highest BCUT2D eigenvalue weighted by molar-refractivity contribution is 7.90. The van der Waals surface area contributed by atoms with E-state index >= 15 is 0 Å². The molecule has 2 rings (SSSR count). The van der Waals surface area contributed by atoms with Gasteiger partial charge in [0.05, 0.1) is 11.6 Å². The second-order valence-corrected chi connectivity index (χ2v) is 8.47. The number of amides is 1. The van der Waals surface area contributed by atoms with E-state index in [9.17, 15) is 18.3 Å². The summed E-state index contributed by atoms with van der Waals surface area (Å²) >= 11 is 0. The Labute approximate surface area is 135 Å². The fourth-order valence-corrected chi connectivity index (χ4v) is 2.79. The number of hydrogen-bond donors (Lipinski definition) is 2. The van der Waals surface area contributed by atoms with Crippen molar-refractivity contribution in [2.45, 2.75) is 32.0 Å². The van der Waals surface area contributed by atoms with E-state index in [1.54, 1.807) is 24.4 Å². The van der Waals surface area contributed by atoms with E-state index in [1.165, 1.54) is 4.40 Å². The number of pyridine rings is 1. The van der Waals surface area contributed by atoms with Gasteiger partial charge in [0.2, 0.25) is 15.0 Å². The first-order chi connectivity index (χ1) is 10.5. The number of fused-ring (bicyclic) bond motifs is 1. The number of aliphatic hydroxyl groups excluding tert-OH is 1. The molecule has 0 saturated carbocycles. The maximum atomic E-state index is 12.3. The Balaban J connectivity index is 2.35. The first-order valence-corrected chi connectivity index (χ1v) is 9.04. The van der Waals surface area contributed by atoms with Gasteiger partial charge in [0.25, 0.3) is 5.91 Å². The predicted molar refractivity (Wildman–Crippen MR) is 86.1 cm³/mol. The first kappa shape index (κ1) is 17.4. The molecule has 0 bridgehead atoms. The maximum Gasteiger partial charge on any atom is 0.272 e. The molecule has 0 unspecified atom stereocenters. The molecular formula is C15H21N3O4S. The molecule has 2 aromatic rings. The molecule has 0 saturated heterocycles. The average Bonchev–Trinajstić information content (AvgIpc) is 2.83. The van der Waals surface area contributed by atoms with E-state index < -0.39 is 21.8 Å². The SMILES string of the molecule is CC(C)(C)[C@@H](O)CNC(=O)c1nc(S(C)(=O)=O)n2ccccc12. The minimum absolute atomic E-state index is 0.0205. The van der Waals surface area contributed by atoms with Crippen molar-refractivity contribution in [1.82, 2.24) is 14.7 Å². The van der Waals surface area contributed by atoms with Gasteiger partial charge in [-0.2, -0.15) is 0 Å². The van der Waals surface area contributed by atoms with Crippen LogP contribution in [0.3, 0.4) is 0 Å². The second-order valence-electron chi connectivity index (χ2n) is 6.56. The Hall–Kier alpha value is -1.93. The van der Waals surface area contributed by atoms with E-state index in [0.717, 1.165) is 6.26 Å². The van der Waals surface area contributed by atoms with Gasteiger partial charge in [0.15, 0.2) is 5.69 Å². The number of aromatic nitrogens is 2. The van der Waals surface area contributed by atoms with Crippen molar-refractivity contribution >= 4 is 21.3 Å². The zero-order valence-electron chi connectivity index (χ0n) is 13.6. The van der Waals surface area contributed by atoms with E-state index in [1.807, 2.05) is 20.8 Å². The zero-order chi connectivity index (χ0) is 17.4. The van der Waals surface area contributed by atoms with E-state index in [0.29, 0.717) is 5.52 Å². The van der Waals surface area contributed by atoms with Crippen molar-refractivity contribution in [2.75, 3.05) is 12.8 Å². The van der Waals surface area contributed by atoms with Crippen LogP contribution in [-0.2, 0) is 9.84 Å². The fourth-order valence-electron chi connectivity index (χ4n) is 2.02. The maximum absolute atomic E-state index is 12.3. The summed E-state index contributed by atoms with van der Waals surface area (Å²) in [5.41, 5.74) is 0.0457. The van der Waals surface area contributed by atoms with Crippen molar-refractivity contribution in [2.24, 2.45) is 5.41 Å². The smallest absolute Gasteiger partial charge is 0.272 e. The second kappa shape index (κ2) is 5.93. The third kappa shape index (κ3) is 3.70. The highest BCUT2D eigenvalue weighted by Crippen LogP contribution is 2.19. The topological polar surface area (TPSA) is 101 Å². The lowest BCUT2D eigenvalue weighted by Gasteiger charge is -2.25. The molecule has 23 heavy (non-hydrogen) atoms. The number of nitrogens with one attached hydrogen (secondary N) is 1. The average molecular weight is 339 g/mol. The van der Waals surface area contributed by atoms with Gasteiger partial charge >= 0.3 is 0 Å². The van der Waals surface area contributed by atoms with Gasteiger partial charge in [-0.15, -0.1) is 0 Å². The number of carbonyl (C=O) groups is 1. The summed E-state index contributed by atoms with van der Waals surface area (Å²) in [6.45, 7) is 5.63. The monoisotopic (exact) mass is 339 g/mol. The van der Waals surface area contributed by atoms with Gasteiger partial charge in [-0.1, -0.05) is 26.8 Å². The predicted octanol–water partition coefficient (Wildman–Crippen LogP) is 0.875. The van der Waals surface area contributed by atoms with Crippen molar-refractivity contribution < 1.29 is 18.3 Å². The molecule has 0 aliphatic rings. The number of nitrogens with zero attached hydrogens (tertiary/aromatic N) is 2. The van der Waals surface area contributed by atoms with Gasteiger partial charge in [-0.25, -0.2) is 13.4 Å². The van der Waals surface area contributed by atoms with Crippen LogP contribution in [0, 0.1) is 5.41 Å². The highest BCUT2D eigenvalue weighted by atomic mass is 32.2. The Bertz CT molecular complexity index is 834. The third-order valence-corrected chi connectivity index (χ3v) is 4.47. The van der Waals surface area contributed by atoms with E-state index in [4.69, 9.17) is 0 Å². The first-order valence-electron chi connectivity index (χ1n) is 7.15. The molecule has 0 fully saturated rings. The molecule has 2 N–H and O–H groups in total. The molecule has 1 atom stereocenters. The van der Waals surface area contributed by atoms with E-state index in [2.05, 4.69) is 10.3 Å². The summed E-state index contributed by atoms with van der Waals surface area (Å²) in [5, 5.41) is 12.4. The van der Waals surface area contributed by atoms with Crippen LogP contribution in [0.1, 0.15) is 31.3 Å². The largest absolute Gasteiger partial charge is 0.391 e. The number of rotatable bonds is 4. The molecule has 2 heterocycles. The van der Waals surface area contributed by atoms with Gasteiger partial charge < -0.3 is 10.4 Å². The molecule has 8 heteroatoms. The zero-order valence-corrected chi connectivity index (χ0v) is 14.4. The van der Waals surface area contributed by atoms with Crippen molar-refractivity contribution in [3.63, 3.8) is 0 Å². The van der Waals surface area contributed by atoms with Crippen LogP contribution in [0.4, 0.5) is 0 Å². The molecule has 2 aromatic heterocycles. The van der Waals surface area contributed by atoms with E-state index in [-0.39, 0.29) is 22.8 Å². The van der Waals surface area contributed by atoms with Gasteiger partial charge in [0.1, 0.15) is 0 Å². The lowest BCUT2D eigenvalue weighted by Crippen LogP contribution is -2.39.